The van der Waals surface area contributed by atoms with Gasteiger partial charge in [-0.1, -0.05) is 0 Å². The third kappa shape index (κ3) is 4.69. The topological polar surface area (TPSA) is 104 Å². The largest absolute Gasteiger partial charge is 0.394 e. The zero-order valence-electron chi connectivity index (χ0n) is 11.0. The minimum Gasteiger partial charge on any atom is -0.394 e. The van der Waals surface area contributed by atoms with Gasteiger partial charge in [0.25, 0.3) is 5.91 Å². The van der Waals surface area contributed by atoms with Crippen molar-refractivity contribution in [1.82, 2.24) is 5.32 Å². The Morgan fingerprint density at radius 3 is 2.32 bits per heavy atom. The molecular weight excluding hydrogens is 246 g/mol. The highest BCUT2D eigenvalue weighted by Gasteiger charge is 2.12. The number of rotatable bonds is 5. The summed E-state index contributed by atoms with van der Waals surface area (Å²) in [5.41, 5.74) is 6.41. The number of nitrogens with two attached hydrogens (primary N) is 1. The maximum atomic E-state index is 11.7. The molecule has 2 amide bonds. The summed E-state index contributed by atoms with van der Waals surface area (Å²) in [7, 11) is 0. The van der Waals surface area contributed by atoms with Crippen LogP contribution >= 0.6 is 0 Å². The minimum absolute atomic E-state index is 0.0643. The van der Waals surface area contributed by atoms with Crippen molar-refractivity contribution >= 4 is 17.5 Å². The van der Waals surface area contributed by atoms with Crippen LogP contribution in [-0.4, -0.2) is 35.6 Å². The van der Waals surface area contributed by atoms with Crippen LogP contribution in [-0.2, 0) is 4.79 Å². The van der Waals surface area contributed by atoms with Crippen LogP contribution in [0.2, 0.25) is 0 Å². The van der Waals surface area contributed by atoms with E-state index in [4.69, 9.17) is 10.8 Å². The minimum atomic E-state index is -0.955. The van der Waals surface area contributed by atoms with Gasteiger partial charge in [-0.15, -0.1) is 0 Å². The Kier molecular flexibility index (Phi) is 5.47. The van der Waals surface area contributed by atoms with Crippen LogP contribution in [0.5, 0.6) is 0 Å². The van der Waals surface area contributed by atoms with Crippen molar-refractivity contribution in [2.24, 2.45) is 5.73 Å². The Balaban J connectivity index is 2.66. The molecule has 104 valence electrons. The first kappa shape index (κ1) is 15.1. The molecule has 19 heavy (non-hydrogen) atoms. The molecule has 0 heterocycles. The lowest BCUT2D eigenvalue weighted by Crippen LogP contribution is -2.38. The average molecular weight is 265 g/mol. The molecule has 0 radical (unpaired) electrons. The molecule has 1 rings (SSSR count). The van der Waals surface area contributed by atoms with E-state index in [0.717, 1.165) is 0 Å². The van der Waals surface area contributed by atoms with Crippen molar-refractivity contribution in [3.8, 4) is 0 Å². The van der Waals surface area contributed by atoms with Gasteiger partial charge in [0, 0.05) is 17.3 Å². The van der Waals surface area contributed by atoms with Crippen molar-refractivity contribution in [2.45, 2.75) is 25.9 Å². The summed E-state index contributed by atoms with van der Waals surface area (Å²) in [6.45, 7) is 3.34. The number of amides is 2. The highest BCUT2D eigenvalue weighted by Crippen LogP contribution is 2.10. The van der Waals surface area contributed by atoms with Gasteiger partial charge in [0.1, 0.15) is 6.04 Å². The highest BCUT2D eigenvalue weighted by molar-refractivity contribution is 5.97. The third-order valence-electron chi connectivity index (χ3n) is 2.37. The van der Waals surface area contributed by atoms with Gasteiger partial charge < -0.3 is 21.5 Å². The molecule has 1 aromatic rings. The van der Waals surface area contributed by atoms with Crippen LogP contribution in [0, 0.1) is 0 Å². The maximum Gasteiger partial charge on any atom is 0.251 e. The third-order valence-corrected chi connectivity index (χ3v) is 2.37. The second kappa shape index (κ2) is 6.86. The Labute approximate surface area is 112 Å². The molecule has 6 nitrogen and oxygen atoms in total. The number of aliphatic hydroxyl groups is 1. The molecule has 0 spiro atoms. The first-order chi connectivity index (χ1) is 8.93. The summed E-state index contributed by atoms with van der Waals surface area (Å²) < 4.78 is 0. The number of hydrogen-bond donors (Lipinski definition) is 4. The summed E-state index contributed by atoms with van der Waals surface area (Å²) in [6, 6.07) is 5.54. The van der Waals surface area contributed by atoms with Gasteiger partial charge in [-0.05, 0) is 38.1 Å². The zero-order valence-corrected chi connectivity index (χ0v) is 11.0. The summed E-state index contributed by atoms with van der Waals surface area (Å²) in [6.07, 6.45) is 0. The van der Waals surface area contributed by atoms with Crippen molar-refractivity contribution in [1.29, 1.82) is 0 Å². The second-order valence-corrected chi connectivity index (χ2v) is 4.48. The fourth-order valence-electron chi connectivity index (χ4n) is 1.37. The van der Waals surface area contributed by atoms with Crippen LogP contribution in [0.15, 0.2) is 24.3 Å². The number of benzene rings is 1. The molecule has 0 aliphatic heterocycles. The molecule has 0 aromatic heterocycles. The summed E-state index contributed by atoms with van der Waals surface area (Å²) in [5, 5.41) is 14.1. The first-order valence-corrected chi connectivity index (χ1v) is 6.02. The second-order valence-electron chi connectivity index (χ2n) is 4.48. The summed E-state index contributed by atoms with van der Waals surface area (Å²) in [4.78, 5) is 23.1. The van der Waals surface area contributed by atoms with Crippen LogP contribution in [0.3, 0.4) is 0 Å². The van der Waals surface area contributed by atoms with Gasteiger partial charge in [0.2, 0.25) is 5.91 Å². The van der Waals surface area contributed by atoms with Crippen LogP contribution in [0.1, 0.15) is 24.2 Å². The molecule has 0 saturated heterocycles. The molecule has 6 heteroatoms. The fourth-order valence-corrected chi connectivity index (χ4v) is 1.37. The molecule has 0 aliphatic rings. The lowest BCUT2D eigenvalue weighted by Gasteiger charge is -2.11. The first-order valence-electron chi connectivity index (χ1n) is 6.02. The molecule has 1 aromatic carbocycles. The van der Waals surface area contributed by atoms with E-state index in [1.165, 1.54) is 0 Å². The zero-order chi connectivity index (χ0) is 14.4. The highest BCUT2D eigenvalue weighted by atomic mass is 16.3. The predicted octanol–water partition coefficient (Wildman–Crippen LogP) is 0.0829. The lowest BCUT2D eigenvalue weighted by atomic mass is 10.2. The Morgan fingerprint density at radius 1 is 1.26 bits per heavy atom. The summed E-state index contributed by atoms with van der Waals surface area (Å²) >= 11 is 0. The monoisotopic (exact) mass is 265 g/mol. The van der Waals surface area contributed by atoms with Crippen LogP contribution in [0.4, 0.5) is 5.69 Å². The van der Waals surface area contributed by atoms with E-state index in [9.17, 15) is 9.59 Å². The van der Waals surface area contributed by atoms with Crippen molar-refractivity contribution in [3.63, 3.8) is 0 Å². The molecule has 0 aliphatic carbocycles. The van der Waals surface area contributed by atoms with Crippen LogP contribution in [0.25, 0.3) is 0 Å². The Bertz CT molecular complexity index is 443. The van der Waals surface area contributed by atoms with E-state index in [1.54, 1.807) is 24.3 Å². The van der Waals surface area contributed by atoms with Crippen molar-refractivity contribution < 1.29 is 14.7 Å². The Morgan fingerprint density at radius 2 is 1.84 bits per heavy atom. The normalized spacial score (nSPS) is 12.1. The molecule has 1 atom stereocenters. The maximum absolute atomic E-state index is 11.7. The predicted molar refractivity (Wildman–Crippen MR) is 72.7 cm³/mol. The van der Waals surface area contributed by atoms with Gasteiger partial charge in [0.05, 0.1) is 6.61 Å². The molecular formula is C13H19N3O3. The quantitative estimate of drug-likeness (QED) is 0.605. The summed E-state index contributed by atoms with van der Waals surface area (Å²) in [5.74, 6) is -0.637. The van der Waals surface area contributed by atoms with Gasteiger partial charge in [0.15, 0.2) is 0 Å². The van der Waals surface area contributed by atoms with Crippen molar-refractivity contribution in [2.75, 3.05) is 11.9 Å². The number of nitrogens with one attached hydrogen (secondary N) is 2. The molecule has 0 fully saturated rings. The van der Waals surface area contributed by atoms with E-state index < -0.39 is 18.6 Å². The number of anilines is 1. The number of hydrogen-bond acceptors (Lipinski definition) is 4. The number of aliphatic hydroxyl groups excluding tert-OH is 1. The van der Waals surface area contributed by atoms with Gasteiger partial charge in [-0.3, -0.25) is 9.59 Å². The van der Waals surface area contributed by atoms with E-state index >= 15 is 0 Å². The fraction of sp³-hybridized carbons (Fsp3) is 0.385. The molecule has 0 saturated carbocycles. The molecule has 0 unspecified atom stereocenters. The average Bonchev–Trinajstić information content (AvgIpc) is 2.37. The number of carbonyl (C=O) groups excluding carboxylic acids is 2. The molecule has 5 N–H and O–H groups in total. The van der Waals surface area contributed by atoms with Gasteiger partial charge in [-0.25, -0.2) is 0 Å². The molecule has 0 bridgehead atoms. The number of carbonyl (C=O) groups is 2. The van der Waals surface area contributed by atoms with E-state index in [-0.39, 0.29) is 11.9 Å². The van der Waals surface area contributed by atoms with E-state index in [0.29, 0.717) is 11.3 Å². The van der Waals surface area contributed by atoms with Crippen molar-refractivity contribution in [3.05, 3.63) is 29.8 Å². The standard InChI is InChI=1S/C13H19N3O3/c1-8(2)15-12(18)9-3-5-10(6-4-9)16-13(19)11(14)7-17/h3-6,8,11,17H,7,14H2,1-2H3,(H,15,18)(H,16,19)/t11-/m0/s1. The van der Waals surface area contributed by atoms with Gasteiger partial charge >= 0.3 is 0 Å². The lowest BCUT2D eigenvalue weighted by molar-refractivity contribution is -0.118. The SMILES string of the molecule is CC(C)NC(=O)c1ccc(NC(=O)[C@@H](N)CO)cc1. The van der Waals surface area contributed by atoms with Gasteiger partial charge in [-0.2, -0.15) is 0 Å². The van der Waals surface area contributed by atoms with E-state index in [1.807, 2.05) is 13.8 Å². The van der Waals surface area contributed by atoms with Crippen LogP contribution < -0.4 is 16.4 Å². The van der Waals surface area contributed by atoms with E-state index in [2.05, 4.69) is 10.6 Å². The smallest absolute Gasteiger partial charge is 0.251 e. The Hall–Kier alpha value is -1.92.